The van der Waals surface area contributed by atoms with Crippen LogP contribution in [0.4, 0.5) is 0 Å². The molecule has 0 fully saturated rings. The highest BCUT2D eigenvalue weighted by molar-refractivity contribution is 7.80. The normalized spacial score (nSPS) is 10.9. The zero-order valence-electron chi connectivity index (χ0n) is 11.6. The Morgan fingerprint density at radius 1 is 1.37 bits per heavy atom. The summed E-state index contributed by atoms with van der Waals surface area (Å²) < 4.78 is 41.5. The van der Waals surface area contributed by atoms with E-state index in [1.165, 1.54) is 20.0 Å². The molecule has 0 aliphatic heterocycles. The second-order valence-electron chi connectivity index (χ2n) is 3.89. The lowest BCUT2D eigenvalue weighted by Gasteiger charge is -2.05. The SMILES string of the molecule is CCCCn1cc[n+](C)c1.COCCOS(=O)(=O)[O-]. The first-order chi connectivity index (χ1) is 8.89. The van der Waals surface area contributed by atoms with E-state index in [-0.39, 0.29) is 13.2 Å². The molecule has 1 aromatic heterocycles. The van der Waals surface area contributed by atoms with Crippen LogP contribution in [0.15, 0.2) is 18.7 Å². The van der Waals surface area contributed by atoms with Gasteiger partial charge in [0.15, 0.2) is 0 Å². The molecule has 8 heteroatoms. The number of imidazole rings is 1. The highest BCUT2D eigenvalue weighted by Gasteiger charge is 1.96. The monoisotopic (exact) mass is 294 g/mol. The van der Waals surface area contributed by atoms with Crippen molar-refractivity contribution in [1.82, 2.24) is 4.57 Å². The summed E-state index contributed by atoms with van der Waals surface area (Å²) in [6, 6.07) is 0. The van der Waals surface area contributed by atoms with E-state index in [1.807, 2.05) is 7.05 Å². The van der Waals surface area contributed by atoms with Crippen molar-refractivity contribution in [3.8, 4) is 0 Å². The number of hydrogen-bond acceptors (Lipinski definition) is 5. The molecule has 0 aliphatic rings. The van der Waals surface area contributed by atoms with Crippen LogP contribution in [0.3, 0.4) is 0 Å². The summed E-state index contributed by atoms with van der Waals surface area (Å²) in [7, 11) is -1.11. The van der Waals surface area contributed by atoms with E-state index >= 15 is 0 Å². The van der Waals surface area contributed by atoms with Crippen LogP contribution in [-0.2, 0) is 32.9 Å². The van der Waals surface area contributed by atoms with Crippen LogP contribution in [0.2, 0.25) is 0 Å². The van der Waals surface area contributed by atoms with Gasteiger partial charge in [0.25, 0.3) is 0 Å². The molecule has 0 radical (unpaired) electrons. The largest absolute Gasteiger partial charge is 0.726 e. The van der Waals surface area contributed by atoms with Gasteiger partial charge in [-0.1, -0.05) is 13.3 Å². The van der Waals surface area contributed by atoms with Crippen LogP contribution in [0.25, 0.3) is 0 Å². The highest BCUT2D eigenvalue weighted by Crippen LogP contribution is 1.91. The zero-order chi connectivity index (χ0) is 14.7. The maximum atomic E-state index is 9.67. The molecule has 0 aromatic carbocycles. The lowest BCUT2D eigenvalue weighted by Crippen LogP contribution is -2.23. The topological polar surface area (TPSA) is 84.5 Å². The van der Waals surface area contributed by atoms with Crippen molar-refractivity contribution in [1.29, 1.82) is 0 Å². The summed E-state index contributed by atoms with van der Waals surface area (Å²) in [5.41, 5.74) is 0. The second kappa shape index (κ2) is 9.90. The molecule has 0 aliphatic carbocycles. The first-order valence-electron chi connectivity index (χ1n) is 5.99. The summed E-state index contributed by atoms with van der Waals surface area (Å²) in [4.78, 5) is 0. The average Bonchev–Trinajstić information content (AvgIpc) is 2.72. The third-order valence-electron chi connectivity index (χ3n) is 2.11. The number of hydrogen-bond donors (Lipinski definition) is 0. The fourth-order valence-electron chi connectivity index (χ4n) is 1.19. The number of ether oxygens (including phenoxy) is 1. The Balaban J connectivity index is 0.000000344. The first kappa shape index (κ1) is 18.0. The summed E-state index contributed by atoms with van der Waals surface area (Å²) in [6.45, 7) is 3.24. The molecular weight excluding hydrogens is 272 g/mol. The Morgan fingerprint density at radius 2 is 2.05 bits per heavy atom. The molecule has 1 heterocycles. The van der Waals surface area contributed by atoms with E-state index in [9.17, 15) is 13.0 Å². The van der Waals surface area contributed by atoms with Crippen LogP contribution in [-0.4, -0.2) is 37.9 Å². The van der Waals surface area contributed by atoms with Gasteiger partial charge >= 0.3 is 0 Å². The van der Waals surface area contributed by atoms with Gasteiger partial charge in [-0.3, -0.25) is 4.18 Å². The minimum atomic E-state index is -4.53. The van der Waals surface area contributed by atoms with Crippen LogP contribution in [0.1, 0.15) is 19.8 Å². The van der Waals surface area contributed by atoms with Crippen LogP contribution >= 0.6 is 0 Å². The van der Waals surface area contributed by atoms with Crippen molar-refractivity contribution in [3.05, 3.63) is 18.7 Å². The van der Waals surface area contributed by atoms with Crippen molar-refractivity contribution in [2.45, 2.75) is 26.3 Å². The molecule has 0 saturated heterocycles. The molecule has 0 atom stereocenters. The molecule has 1 rings (SSSR count). The fourth-order valence-corrected chi connectivity index (χ4v) is 1.47. The minimum Gasteiger partial charge on any atom is -0.726 e. The van der Waals surface area contributed by atoms with E-state index in [4.69, 9.17) is 0 Å². The van der Waals surface area contributed by atoms with E-state index in [2.05, 4.69) is 43.7 Å². The second-order valence-corrected chi connectivity index (χ2v) is 4.95. The molecule has 0 saturated carbocycles. The average molecular weight is 294 g/mol. The summed E-state index contributed by atoms with van der Waals surface area (Å²) in [6.07, 6.45) is 8.82. The Bertz CT molecular complexity index is 430. The number of nitrogens with zero attached hydrogens (tertiary/aromatic N) is 2. The molecule has 0 unspecified atom stereocenters. The van der Waals surface area contributed by atoms with Crippen LogP contribution in [0.5, 0.6) is 0 Å². The van der Waals surface area contributed by atoms with Crippen molar-refractivity contribution in [2.24, 2.45) is 7.05 Å². The molecular formula is C11H22N2O5S. The summed E-state index contributed by atoms with van der Waals surface area (Å²) >= 11 is 0. The fraction of sp³-hybridized carbons (Fsp3) is 0.727. The Hall–Kier alpha value is -0.960. The maximum Gasteiger partial charge on any atom is 0.243 e. The van der Waals surface area contributed by atoms with Gasteiger partial charge in [0.1, 0.15) is 12.4 Å². The predicted octanol–water partition coefficient (Wildman–Crippen LogP) is 0.222. The Morgan fingerprint density at radius 3 is 2.47 bits per heavy atom. The molecule has 1 aromatic rings. The van der Waals surface area contributed by atoms with Gasteiger partial charge in [0, 0.05) is 7.11 Å². The van der Waals surface area contributed by atoms with E-state index in [1.54, 1.807) is 0 Å². The molecule has 0 amide bonds. The molecule has 0 spiro atoms. The van der Waals surface area contributed by atoms with Gasteiger partial charge < -0.3 is 9.29 Å². The Labute approximate surface area is 114 Å². The Kier molecular flexibility index (Phi) is 9.40. The highest BCUT2D eigenvalue weighted by atomic mass is 32.3. The maximum absolute atomic E-state index is 9.67. The van der Waals surface area contributed by atoms with Crippen LogP contribution < -0.4 is 4.57 Å². The van der Waals surface area contributed by atoms with Gasteiger partial charge in [-0.15, -0.1) is 0 Å². The number of rotatable bonds is 7. The summed E-state index contributed by atoms with van der Waals surface area (Å²) in [5.74, 6) is 0. The standard InChI is InChI=1S/C8H15N2.C3H8O5S/c1-3-4-5-10-7-6-9(2)8-10;1-7-2-3-8-9(4,5)6/h6-8H,3-5H2,1-2H3;2-3H2,1H3,(H,4,5,6)/q+1;/p-1. The molecule has 112 valence electrons. The number of unbranched alkanes of at least 4 members (excludes halogenated alkanes) is 1. The van der Waals surface area contributed by atoms with E-state index in [0.29, 0.717) is 0 Å². The summed E-state index contributed by atoms with van der Waals surface area (Å²) in [5, 5.41) is 0. The van der Waals surface area contributed by atoms with E-state index in [0.717, 1.165) is 6.54 Å². The van der Waals surface area contributed by atoms with Crippen LogP contribution in [0, 0.1) is 0 Å². The van der Waals surface area contributed by atoms with Crippen molar-refractivity contribution < 1.29 is 26.5 Å². The minimum absolute atomic E-state index is 0.0987. The predicted molar refractivity (Wildman–Crippen MR) is 68.0 cm³/mol. The zero-order valence-corrected chi connectivity index (χ0v) is 12.4. The van der Waals surface area contributed by atoms with Crippen molar-refractivity contribution in [3.63, 3.8) is 0 Å². The van der Waals surface area contributed by atoms with E-state index < -0.39 is 10.4 Å². The number of methoxy groups -OCH3 is 1. The van der Waals surface area contributed by atoms with Crippen molar-refractivity contribution in [2.75, 3.05) is 20.3 Å². The third kappa shape index (κ3) is 11.8. The molecule has 19 heavy (non-hydrogen) atoms. The first-order valence-corrected chi connectivity index (χ1v) is 7.32. The van der Waals surface area contributed by atoms with Gasteiger partial charge in [0.2, 0.25) is 16.7 Å². The van der Waals surface area contributed by atoms with Gasteiger partial charge in [-0.05, 0) is 6.42 Å². The smallest absolute Gasteiger partial charge is 0.243 e. The van der Waals surface area contributed by atoms with Gasteiger partial charge in [-0.2, -0.15) is 0 Å². The van der Waals surface area contributed by atoms with Crippen molar-refractivity contribution >= 4 is 10.4 Å². The molecule has 0 N–H and O–H groups in total. The number of aromatic nitrogens is 2. The number of aryl methyl sites for hydroxylation is 2. The lowest BCUT2D eigenvalue weighted by atomic mass is 10.3. The van der Waals surface area contributed by atoms with Gasteiger partial charge in [-0.25, -0.2) is 17.6 Å². The quantitative estimate of drug-likeness (QED) is 0.311. The molecule has 7 nitrogen and oxygen atoms in total. The molecule has 0 bridgehead atoms. The van der Waals surface area contributed by atoms with Gasteiger partial charge in [0.05, 0.1) is 26.8 Å². The third-order valence-corrected chi connectivity index (χ3v) is 2.56. The lowest BCUT2D eigenvalue weighted by molar-refractivity contribution is -0.671.